The summed E-state index contributed by atoms with van der Waals surface area (Å²) in [6.07, 6.45) is 3.04. The fourth-order valence-corrected chi connectivity index (χ4v) is 2.84. The minimum atomic E-state index is -0.890. The Kier molecular flexibility index (Phi) is 6.63. The highest BCUT2D eigenvalue weighted by Crippen LogP contribution is 2.27. The van der Waals surface area contributed by atoms with Crippen LogP contribution in [0, 0.1) is 18.6 Å². The molecule has 31 heavy (non-hydrogen) atoms. The smallest absolute Gasteiger partial charge is 0.303 e. The molecule has 1 aromatic carbocycles. The fraction of sp³-hybridized carbons (Fsp3) is 0.300. The van der Waals surface area contributed by atoms with Gasteiger partial charge in [0.05, 0.1) is 31.5 Å². The highest BCUT2D eigenvalue weighted by molar-refractivity contribution is 5.67. The van der Waals surface area contributed by atoms with Crippen LogP contribution in [0.5, 0.6) is 11.5 Å². The number of nitrogens with zero attached hydrogens (tertiary/aromatic N) is 4. The molecule has 0 amide bonds. The molecule has 2 aromatic heterocycles. The molecule has 11 heteroatoms. The summed E-state index contributed by atoms with van der Waals surface area (Å²) < 4.78 is 40.5. The molecule has 164 valence electrons. The van der Waals surface area contributed by atoms with Crippen molar-refractivity contribution in [3.8, 4) is 11.5 Å². The van der Waals surface area contributed by atoms with Gasteiger partial charge in [0.1, 0.15) is 12.4 Å². The van der Waals surface area contributed by atoms with Crippen molar-refractivity contribution >= 4 is 17.7 Å². The van der Waals surface area contributed by atoms with E-state index in [1.54, 1.807) is 17.8 Å². The van der Waals surface area contributed by atoms with Gasteiger partial charge in [0.2, 0.25) is 5.95 Å². The fourth-order valence-electron chi connectivity index (χ4n) is 2.84. The summed E-state index contributed by atoms with van der Waals surface area (Å²) in [6, 6.07) is 2.98. The van der Waals surface area contributed by atoms with Gasteiger partial charge in [-0.05, 0) is 25.0 Å². The van der Waals surface area contributed by atoms with Gasteiger partial charge >= 0.3 is 5.97 Å². The molecule has 0 radical (unpaired) electrons. The first kappa shape index (κ1) is 21.9. The first-order valence-corrected chi connectivity index (χ1v) is 9.26. The van der Waals surface area contributed by atoms with E-state index in [-0.39, 0.29) is 41.6 Å². The predicted molar refractivity (Wildman–Crippen MR) is 106 cm³/mol. The zero-order chi connectivity index (χ0) is 22.5. The van der Waals surface area contributed by atoms with Crippen molar-refractivity contribution in [2.24, 2.45) is 7.05 Å². The minimum Gasteiger partial charge on any atom is -0.494 e. The van der Waals surface area contributed by atoms with Crippen LogP contribution < -0.4 is 14.8 Å². The number of carbonyl (C=O) groups is 1. The number of ether oxygens (including phenoxy) is 2. The zero-order valence-electron chi connectivity index (χ0n) is 17.1. The Morgan fingerprint density at radius 3 is 2.58 bits per heavy atom. The van der Waals surface area contributed by atoms with Crippen molar-refractivity contribution in [2.75, 3.05) is 12.4 Å². The molecule has 3 rings (SSSR count). The molecular formula is C20H21F2N5O4. The van der Waals surface area contributed by atoms with Crippen molar-refractivity contribution in [3.63, 3.8) is 0 Å². The molecule has 0 saturated carbocycles. The topological polar surface area (TPSA) is 111 Å². The van der Waals surface area contributed by atoms with Crippen LogP contribution in [0.4, 0.5) is 20.5 Å². The molecule has 3 aromatic rings. The number of hydrogen-bond acceptors (Lipinski definition) is 7. The molecule has 0 fully saturated rings. The number of hydrogen-bond donors (Lipinski definition) is 2. The maximum absolute atomic E-state index is 14.3. The summed E-state index contributed by atoms with van der Waals surface area (Å²) in [5.74, 6) is -1.58. The number of carboxylic acid groups (broad SMARTS) is 1. The third kappa shape index (κ3) is 5.24. The van der Waals surface area contributed by atoms with Crippen LogP contribution in [0.25, 0.3) is 0 Å². The molecule has 2 heterocycles. The summed E-state index contributed by atoms with van der Waals surface area (Å²) in [4.78, 5) is 18.9. The maximum Gasteiger partial charge on any atom is 0.303 e. The Balaban J connectivity index is 1.65. The SMILES string of the molecule is COc1cc(C)c(F)c(COc2cnc(Nc3cc(CCC(=O)O)n(C)n3)nc2)c1F. The molecule has 0 spiro atoms. The van der Waals surface area contributed by atoms with E-state index in [1.807, 2.05) is 0 Å². The second kappa shape index (κ2) is 9.37. The van der Waals surface area contributed by atoms with E-state index < -0.39 is 17.6 Å². The van der Waals surface area contributed by atoms with Gasteiger partial charge in [-0.3, -0.25) is 9.48 Å². The lowest BCUT2D eigenvalue weighted by atomic mass is 10.1. The number of benzene rings is 1. The Labute approximate surface area is 176 Å². The average molecular weight is 433 g/mol. The molecule has 0 unspecified atom stereocenters. The molecule has 0 saturated heterocycles. The van der Waals surface area contributed by atoms with Crippen LogP contribution in [0.3, 0.4) is 0 Å². The van der Waals surface area contributed by atoms with E-state index in [9.17, 15) is 13.6 Å². The number of carboxylic acids is 1. The van der Waals surface area contributed by atoms with Crippen LogP contribution in [-0.2, 0) is 24.9 Å². The zero-order valence-corrected chi connectivity index (χ0v) is 17.1. The Morgan fingerprint density at radius 2 is 1.94 bits per heavy atom. The minimum absolute atomic E-state index is 0.00445. The van der Waals surface area contributed by atoms with Crippen LogP contribution >= 0.6 is 0 Å². The average Bonchev–Trinajstić information content (AvgIpc) is 3.09. The number of methoxy groups -OCH3 is 1. The third-order valence-corrected chi connectivity index (χ3v) is 4.48. The normalized spacial score (nSPS) is 10.7. The predicted octanol–water partition coefficient (Wildman–Crippen LogP) is 3.15. The number of aryl methyl sites for hydroxylation is 3. The lowest BCUT2D eigenvalue weighted by Gasteiger charge is -2.12. The lowest BCUT2D eigenvalue weighted by Crippen LogP contribution is -2.06. The van der Waals surface area contributed by atoms with E-state index in [1.165, 1.54) is 32.5 Å². The van der Waals surface area contributed by atoms with Gasteiger partial charge in [-0.1, -0.05) is 0 Å². The van der Waals surface area contributed by atoms with Gasteiger partial charge in [-0.25, -0.2) is 18.7 Å². The van der Waals surface area contributed by atoms with Gasteiger partial charge < -0.3 is 19.9 Å². The summed E-state index contributed by atoms with van der Waals surface area (Å²) >= 11 is 0. The van der Waals surface area contributed by atoms with Crippen molar-refractivity contribution in [3.05, 3.63) is 53.0 Å². The molecule has 0 atom stereocenters. The van der Waals surface area contributed by atoms with Gasteiger partial charge in [-0.15, -0.1) is 0 Å². The molecule has 0 aliphatic carbocycles. The second-order valence-corrected chi connectivity index (χ2v) is 6.70. The van der Waals surface area contributed by atoms with Crippen LogP contribution in [0.15, 0.2) is 24.5 Å². The van der Waals surface area contributed by atoms with Gasteiger partial charge in [0.25, 0.3) is 0 Å². The van der Waals surface area contributed by atoms with E-state index in [0.717, 1.165) is 5.69 Å². The monoisotopic (exact) mass is 433 g/mol. The molecule has 9 nitrogen and oxygen atoms in total. The summed E-state index contributed by atoms with van der Waals surface area (Å²) in [5.41, 5.74) is 0.731. The molecule has 2 N–H and O–H groups in total. The highest BCUT2D eigenvalue weighted by atomic mass is 19.1. The Hall–Kier alpha value is -3.76. The number of halogens is 2. The van der Waals surface area contributed by atoms with Crippen LogP contribution in [0.2, 0.25) is 0 Å². The first-order valence-electron chi connectivity index (χ1n) is 9.26. The Morgan fingerprint density at radius 1 is 1.23 bits per heavy atom. The molecular weight excluding hydrogens is 412 g/mol. The quantitative estimate of drug-likeness (QED) is 0.529. The van der Waals surface area contributed by atoms with Crippen molar-refractivity contribution in [2.45, 2.75) is 26.4 Å². The highest BCUT2D eigenvalue weighted by Gasteiger charge is 2.18. The molecule has 0 bridgehead atoms. The van der Waals surface area contributed by atoms with E-state index >= 15 is 0 Å². The van der Waals surface area contributed by atoms with Gasteiger partial charge in [0.15, 0.2) is 23.1 Å². The van der Waals surface area contributed by atoms with Crippen LogP contribution in [0.1, 0.15) is 23.2 Å². The number of aliphatic carboxylic acids is 1. The standard InChI is InChI=1S/C20H21F2N5O4/c1-11-6-15(30-3)19(22)14(18(11)21)10-31-13-8-23-20(24-9-13)25-16-7-12(27(2)26-16)4-5-17(28)29/h6-9H,4-5,10H2,1-3H3,(H,28,29)(H,23,24,25,26). The number of aromatic nitrogens is 4. The first-order chi connectivity index (χ1) is 14.8. The van der Waals surface area contributed by atoms with Crippen LogP contribution in [-0.4, -0.2) is 37.9 Å². The summed E-state index contributed by atoms with van der Waals surface area (Å²) in [6.45, 7) is 1.15. The number of rotatable bonds is 9. The summed E-state index contributed by atoms with van der Waals surface area (Å²) in [5, 5.41) is 15.9. The third-order valence-electron chi connectivity index (χ3n) is 4.48. The van der Waals surface area contributed by atoms with Crippen molar-refractivity contribution < 1.29 is 28.2 Å². The molecule has 0 aliphatic heterocycles. The lowest BCUT2D eigenvalue weighted by molar-refractivity contribution is -0.136. The van der Waals surface area contributed by atoms with E-state index in [0.29, 0.717) is 12.2 Å². The van der Waals surface area contributed by atoms with E-state index in [2.05, 4.69) is 20.4 Å². The summed E-state index contributed by atoms with van der Waals surface area (Å²) in [7, 11) is 3.01. The number of nitrogens with one attached hydrogen (secondary N) is 1. The molecule has 0 aliphatic rings. The van der Waals surface area contributed by atoms with E-state index in [4.69, 9.17) is 14.6 Å². The number of anilines is 2. The van der Waals surface area contributed by atoms with Gasteiger partial charge in [0, 0.05) is 18.8 Å². The largest absolute Gasteiger partial charge is 0.494 e. The maximum atomic E-state index is 14.3. The van der Waals surface area contributed by atoms with Crippen molar-refractivity contribution in [1.82, 2.24) is 19.7 Å². The van der Waals surface area contributed by atoms with Gasteiger partial charge in [-0.2, -0.15) is 5.10 Å². The van der Waals surface area contributed by atoms with Crippen molar-refractivity contribution in [1.29, 1.82) is 0 Å². The second-order valence-electron chi connectivity index (χ2n) is 6.70. The Bertz CT molecular complexity index is 1090.